The fourth-order valence-corrected chi connectivity index (χ4v) is 2.84. The number of amides is 1. The predicted molar refractivity (Wildman–Crippen MR) is 78.9 cm³/mol. The van der Waals surface area contributed by atoms with Gasteiger partial charge >= 0.3 is 0 Å². The molecule has 0 bridgehead atoms. The lowest BCUT2D eigenvalue weighted by Crippen LogP contribution is -2.40. The number of rotatable bonds is 4. The lowest BCUT2D eigenvalue weighted by molar-refractivity contribution is -0.122. The molecule has 0 aromatic heterocycles. The van der Waals surface area contributed by atoms with E-state index in [9.17, 15) is 4.79 Å². The minimum absolute atomic E-state index is 0.192. The largest absolute Gasteiger partial charge is 0.326 e. The van der Waals surface area contributed by atoms with Crippen molar-refractivity contribution >= 4 is 11.6 Å². The number of hydrogen-bond donors (Lipinski definition) is 1. The van der Waals surface area contributed by atoms with Gasteiger partial charge in [0.05, 0.1) is 0 Å². The van der Waals surface area contributed by atoms with Gasteiger partial charge in [-0.05, 0) is 44.4 Å². The number of hydrogen-bond acceptors (Lipinski definition) is 2. The molecule has 0 saturated heterocycles. The summed E-state index contributed by atoms with van der Waals surface area (Å²) in [5, 5.41) is 0. The molecule has 3 heteroatoms. The van der Waals surface area contributed by atoms with E-state index in [-0.39, 0.29) is 17.9 Å². The van der Waals surface area contributed by atoms with E-state index in [4.69, 9.17) is 5.73 Å². The Kier molecular flexibility index (Phi) is 4.59. The van der Waals surface area contributed by atoms with Crippen molar-refractivity contribution in [2.75, 3.05) is 4.90 Å². The molecule has 1 aliphatic carbocycles. The quantitative estimate of drug-likeness (QED) is 0.904. The van der Waals surface area contributed by atoms with Crippen molar-refractivity contribution in [3.8, 4) is 0 Å². The second-order valence-electron chi connectivity index (χ2n) is 5.65. The topological polar surface area (TPSA) is 46.3 Å². The molecule has 0 heterocycles. The van der Waals surface area contributed by atoms with Crippen LogP contribution in [-0.4, -0.2) is 11.9 Å². The van der Waals surface area contributed by atoms with E-state index in [0.29, 0.717) is 6.54 Å². The highest BCUT2D eigenvalue weighted by molar-refractivity contribution is 5.95. The van der Waals surface area contributed by atoms with Crippen LogP contribution < -0.4 is 10.6 Å². The van der Waals surface area contributed by atoms with Gasteiger partial charge in [0.15, 0.2) is 0 Å². The number of nitrogens with zero attached hydrogens (tertiary/aromatic N) is 1. The normalized spacial score (nSPS) is 16.0. The van der Waals surface area contributed by atoms with Crippen LogP contribution in [0.2, 0.25) is 0 Å². The Hall–Kier alpha value is -1.35. The van der Waals surface area contributed by atoms with E-state index in [1.807, 2.05) is 29.2 Å². The van der Waals surface area contributed by atoms with Crippen molar-refractivity contribution in [2.24, 2.45) is 11.7 Å². The third-order valence-electron chi connectivity index (χ3n) is 3.91. The Morgan fingerprint density at radius 3 is 2.32 bits per heavy atom. The first-order valence-corrected chi connectivity index (χ1v) is 7.25. The maximum Gasteiger partial charge on any atom is 0.230 e. The summed E-state index contributed by atoms with van der Waals surface area (Å²) in [6.07, 6.45) is 4.47. The van der Waals surface area contributed by atoms with Crippen LogP contribution in [-0.2, 0) is 11.3 Å². The average Bonchev–Trinajstić information content (AvgIpc) is 2.93. The summed E-state index contributed by atoms with van der Waals surface area (Å²) in [6.45, 7) is 4.69. The maximum atomic E-state index is 12.6. The summed E-state index contributed by atoms with van der Waals surface area (Å²) >= 11 is 0. The van der Waals surface area contributed by atoms with Gasteiger partial charge in [-0.2, -0.15) is 0 Å². The molecule has 0 spiro atoms. The fourth-order valence-electron chi connectivity index (χ4n) is 2.84. The van der Waals surface area contributed by atoms with Crippen LogP contribution in [0.1, 0.15) is 45.1 Å². The molecule has 1 saturated carbocycles. The number of nitrogens with two attached hydrogens (primary N) is 1. The lowest BCUT2D eigenvalue weighted by atomic mass is 10.0. The summed E-state index contributed by atoms with van der Waals surface area (Å²) < 4.78 is 0. The molecule has 1 aromatic carbocycles. The van der Waals surface area contributed by atoms with E-state index in [1.165, 1.54) is 12.8 Å². The average molecular weight is 260 g/mol. The molecule has 1 amide bonds. The summed E-state index contributed by atoms with van der Waals surface area (Å²) in [5.41, 5.74) is 7.70. The molecule has 1 fully saturated rings. The molecule has 19 heavy (non-hydrogen) atoms. The zero-order chi connectivity index (χ0) is 13.8. The van der Waals surface area contributed by atoms with Crippen LogP contribution in [0.4, 0.5) is 5.69 Å². The highest BCUT2D eigenvalue weighted by Crippen LogP contribution is 2.29. The molecule has 0 radical (unpaired) electrons. The van der Waals surface area contributed by atoms with Gasteiger partial charge in [0.2, 0.25) is 5.91 Å². The minimum Gasteiger partial charge on any atom is -0.326 e. The fraction of sp³-hybridized carbons (Fsp3) is 0.562. The van der Waals surface area contributed by atoms with E-state index < -0.39 is 0 Å². The van der Waals surface area contributed by atoms with Crippen molar-refractivity contribution in [3.05, 3.63) is 29.8 Å². The van der Waals surface area contributed by atoms with Crippen LogP contribution in [0.5, 0.6) is 0 Å². The van der Waals surface area contributed by atoms with Crippen LogP contribution in [0, 0.1) is 5.92 Å². The molecule has 2 rings (SSSR count). The zero-order valence-electron chi connectivity index (χ0n) is 11.9. The first-order valence-electron chi connectivity index (χ1n) is 7.25. The SMILES string of the molecule is CC(C)N(C(=O)C1CCCC1)c1ccc(CN)cc1. The highest BCUT2D eigenvalue weighted by Gasteiger charge is 2.29. The van der Waals surface area contributed by atoms with Gasteiger partial charge < -0.3 is 10.6 Å². The van der Waals surface area contributed by atoms with Crippen molar-refractivity contribution in [3.63, 3.8) is 0 Å². The number of carbonyl (C=O) groups is 1. The van der Waals surface area contributed by atoms with E-state index >= 15 is 0 Å². The molecule has 0 aliphatic heterocycles. The Bertz CT molecular complexity index is 419. The molecular formula is C16H24N2O. The van der Waals surface area contributed by atoms with Crippen molar-refractivity contribution < 1.29 is 4.79 Å². The number of benzene rings is 1. The van der Waals surface area contributed by atoms with Gasteiger partial charge in [0.1, 0.15) is 0 Å². The van der Waals surface area contributed by atoms with Gasteiger partial charge in [0.25, 0.3) is 0 Å². The summed E-state index contributed by atoms with van der Waals surface area (Å²) in [6, 6.07) is 8.22. The second kappa shape index (κ2) is 6.20. The van der Waals surface area contributed by atoms with Crippen molar-refractivity contribution in [1.82, 2.24) is 0 Å². The standard InChI is InChI=1S/C16H24N2O/c1-12(2)18(16(19)14-5-3-4-6-14)15-9-7-13(11-17)8-10-15/h7-10,12,14H,3-6,11,17H2,1-2H3. The van der Waals surface area contributed by atoms with E-state index in [0.717, 1.165) is 24.1 Å². The van der Waals surface area contributed by atoms with Gasteiger partial charge in [-0.15, -0.1) is 0 Å². The summed E-state index contributed by atoms with van der Waals surface area (Å²) in [4.78, 5) is 14.6. The Balaban J connectivity index is 2.20. The van der Waals surface area contributed by atoms with Crippen LogP contribution in [0.3, 0.4) is 0 Å². The molecule has 0 atom stereocenters. The van der Waals surface area contributed by atoms with Crippen LogP contribution in [0.25, 0.3) is 0 Å². The summed E-state index contributed by atoms with van der Waals surface area (Å²) in [7, 11) is 0. The molecule has 1 aliphatic rings. The van der Waals surface area contributed by atoms with Crippen molar-refractivity contribution in [2.45, 2.75) is 52.1 Å². The Morgan fingerprint density at radius 2 is 1.84 bits per heavy atom. The molecule has 104 valence electrons. The van der Waals surface area contributed by atoms with Gasteiger partial charge in [-0.3, -0.25) is 4.79 Å². The van der Waals surface area contributed by atoms with E-state index in [1.54, 1.807) is 0 Å². The van der Waals surface area contributed by atoms with Crippen LogP contribution in [0.15, 0.2) is 24.3 Å². The zero-order valence-corrected chi connectivity index (χ0v) is 11.9. The number of carbonyl (C=O) groups excluding carboxylic acids is 1. The minimum atomic E-state index is 0.192. The first-order chi connectivity index (χ1) is 9.13. The lowest BCUT2D eigenvalue weighted by Gasteiger charge is -2.29. The predicted octanol–water partition coefficient (Wildman–Crippen LogP) is 3.08. The molecule has 1 aromatic rings. The monoisotopic (exact) mass is 260 g/mol. The maximum absolute atomic E-state index is 12.6. The second-order valence-corrected chi connectivity index (χ2v) is 5.65. The molecule has 3 nitrogen and oxygen atoms in total. The summed E-state index contributed by atoms with van der Waals surface area (Å²) in [5.74, 6) is 0.504. The van der Waals surface area contributed by atoms with Gasteiger partial charge in [0, 0.05) is 24.2 Å². The molecular weight excluding hydrogens is 236 g/mol. The highest BCUT2D eigenvalue weighted by atomic mass is 16.2. The van der Waals surface area contributed by atoms with E-state index in [2.05, 4.69) is 13.8 Å². The van der Waals surface area contributed by atoms with Crippen molar-refractivity contribution in [1.29, 1.82) is 0 Å². The van der Waals surface area contributed by atoms with Gasteiger partial charge in [-0.1, -0.05) is 25.0 Å². The Morgan fingerprint density at radius 1 is 1.26 bits per heavy atom. The molecule has 0 unspecified atom stereocenters. The molecule has 2 N–H and O–H groups in total. The third kappa shape index (κ3) is 3.16. The first kappa shape index (κ1) is 14.1. The third-order valence-corrected chi connectivity index (χ3v) is 3.91. The number of anilines is 1. The Labute approximate surface area is 115 Å². The smallest absolute Gasteiger partial charge is 0.230 e. The van der Waals surface area contributed by atoms with Gasteiger partial charge in [-0.25, -0.2) is 0 Å². The van der Waals surface area contributed by atoms with Crippen LogP contribution >= 0.6 is 0 Å².